The van der Waals surface area contributed by atoms with E-state index in [-0.39, 0.29) is 23.3 Å². The van der Waals surface area contributed by atoms with Crippen LogP contribution in [0.3, 0.4) is 0 Å². The summed E-state index contributed by atoms with van der Waals surface area (Å²) in [5.41, 5.74) is 0.891. The van der Waals surface area contributed by atoms with Crippen molar-refractivity contribution in [3.05, 3.63) is 24.0 Å². The molecule has 4 rings (SSSR count). The van der Waals surface area contributed by atoms with Crippen LogP contribution in [0.2, 0.25) is 0 Å². The van der Waals surface area contributed by atoms with Crippen molar-refractivity contribution in [2.45, 2.75) is 24.3 Å². The normalized spacial score (nSPS) is 14.8. The maximum absolute atomic E-state index is 12.7. The number of ether oxygens (including phenoxy) is 1. The fraction of sp³-hybridized carbons (Fsp3) is 0.400. The number of rotatable bonds is 6. The standard InChI is InChI=1S/C15H17N7O3S2/c1-25-15-18-12(17-14(19-15)22-7-2-3-8-22)9-16-27(23,24)11-6-4-5-10-13(11)21-26-20-10/h4-6,16H,2-3,7-9H2,1H3. The van der Waals surface area contributed by atoms with E-state index in [1.54, 1.807) is 12.1 Å². The van der Waals surface area contributed by atoms with Gasteiger partial charge in [-0.2, -0.15) is 23.7 Å². The molecule has 1 aliphatic rings. The molecule has 1 fully saturated rings. The predicted octanol–water partition coefficient (Wildman–Crippen LogP) is 0.964. The van der Waals surface area contributed by atoms with Gasteiger partial charge in [0.2, 0.25) is 16.0 Å². The number of fused-ring (bicyclic) bond motifs is 1. The van der Waals surface area contributed by atoms with Crippen molar-refractivity contribution in [2.24, 2.45) is 0 Å². The molecule has 3 heterocycles. The summed E-state index contributed by atoms with van der Waals surface area (Å²) in [6.45, 7) is 1.63. The third-order valence-electron chi connectivity index (χ3n) is 4.18. The van der Waals surface area contributed by atoms with Gasteiger partial charge in [-0.15, -0.1) is 0 Å². The molecule has 1 saturated heterocycles. The van der Waals surface area contributed by atoms with E-state index >= 15 is 0 Å². The van der Waals surface area contributed by atoms with Gasteiger partial charge in [-0.25, -0.2) is 13.1 Å². The van der Waals surface area contributed by atoms with Crippen LogP contribution in [-0.2, 0) is 16.6 Å². The number of methoxy groups -OCH3 is 1. The predicted molar refractivity (Wildman–Crippen MR) is 99.3 cm³/mol. The van der Waals surface area contributed by atoms with Crippen molar-refractivity contribution in [3.63, 3.8) is 0 Å². The van der Waals surface area contributed by atoms with E-state index in [9.17, 15) is 8.42 Å². The van der Waals surface area contributed by atoms with Crippen molar-refractivity contribution in [1.29, 1.82) is 0 Å². The van der Waals surface area contributed by atoms with E-state index in [2.05, 4.69) is 28.4 Å². The number of anilines is 1. The summed E-state index contributed by atoms with van der Waals surface area (Å²) in [4.78, 5) is 14.9. The summed E-state index contributed by atoms with van der Waals surface area (Å²) >= 11 is 0.971. The van der Waals surface area contributed by atoms with Gasteiger partial charge in [0.25, 0.3) is 0 Å². The molecule has 0 amide bonds. The van der Waals surface area contributed by atoms with Crippen molar-refractivity contribution < 1.29 is 13.2 Å². The Hall–Kier alpha value is -2.44. The van der Waals surface area contributed by atoms with Crippen LogP contribution in [0, 0.1) is 0 Å². The lowest BCUT2D eigenvalue weighted by Crippen LogP contribution is -2.26. The lowest BCUT2D eigenvalue weighted by molar-refractivity contribution is 0.375. The highest BCUT2D eigenvalue weighted by Gasteiger charge is 2.21. The summed E-state index contributed by atoms with van der Waals surface area (Å²) < 4.78 is 41.3. The van der Waals surface area contributed by atoms with Gasteiger partial charge in [0.15, 0.2) is 5.82 Å². The van der Waals surface area contributed by atoms with Crippen LogP contribution in [0.5, 0.6) is 6.01 Å². The molecule has 0 aliphatic carbocycles. The Balaban J connectivity index is 1.59. The van der Waals surface area contributed by atoms with Crippen LogP contribution >= 0.6 is 11.7 Å². The third kappa shape index (κ3) is 3.68. The largest absolute Gasteiger partial charge is 0.467 e. The Kier molecular flexibility index (Phi) is 4.85. The molecule has 0 spiro atoms. The van der Waals surface area contributed by atoms with E-state index < -0.39 is 10.0 Å². The fourth-order valence-corrected chi connectivity index (χ4v) is 4.60. The van der Waals surface area contributed by atoms with Crippen LogP contribution in [0.25, 0.3) is 11.0 Å². The maximum Gasteiger partial charge on any atom is 0.321 e. The molecule has 10 nitrogen and oxygen atoms in total. The summed E-state index contributed by atoms with van der Waals surface area (Å²) in [6.07, 6.45) is 2.14. The fourth-order valence-electron chi connectivity index (χ4n) is 2.85. The summed E-state index contributed by atoms with van der Waals surface area (Å²) in [5.74, 6) is 0.787. The van der Waals surface area contributed by atoms with Gasteiger partial charge < -0.3 is 9.64 Å². The Morgan fingerprint density at radius 2 is 2.00 bits per heavy atom. The average molecular weight is 407 g/mol. The van der Waals surface area contributed by atoms with Gasteiger partial charge >= 0.3 is 6.01 Å². The Bertz CT molecular complexity index is 1060. The van der Waals surface area contributed by atoms with Gasteiger partial charge in [-0.3, -0.25) is 0 Å². The molecule has 2 aromatic heterocycles. The lowest BCUT2D eigenvalue weighted by Gasteiger charge is -2.16. The van der Waals surface area contributed by atoms with Crippen molar-refractivity contribution >= 4 is 38.7 Å². The summed E-state index contributed by atoms with van der Waals surface area (Å²) in [5, 5.41) is 0. The molecule has 1 aliphatic heterocycles. The third-order valence-corrected chi connectivity index (χ3v) is 6.16. The van der Waals surface area contributed by atoms with Crippen molar-refractivity contribution in [3.8, 4) is 6.01 Å². The van der Waals surface area contributed by atoms with Crippen molar-refractivity contribution in [1.82, 2.24) is 28.4 Å². The van der Waals surface area contributed by atoms with Crippen LogP contribution in [-0.4, -0.2) is 52.3 Å². The topological polar surface area (TPSA) is 123 Å². The molecule has 0 saturated carbocycles. The Labute approximate surface area is 160 Å². The van der Waals surface area contributed by atoms with Crippen LogP contribution in [0.1, 0.15) is 18.7 Å². The Morgan fingerprint density at radius 3 is 2.78 bits per heavy atom. The number of aromatic nitrogens is 5. The lowest BCUT2D eigenvalue weighted by atomic mass is 10.3. The second-order valence-corrected chi connectivity index (χ2v) is 8.21. The average Bonchev–Trinajstić information content (AvgIpc) is 3.37. The van der Waals surface area contributed by atoms with E-state index in [1.807, 2.05) is 4.90 Å². The summed E-state index contributed by atoms with van der Waals surface area (Å²) in [6, 6.07) is 5.01. The first kappa shape index (κ1) is 17.9. The first-order valence-electron chi connectivity index (χ1n) is 8.32. The summed E-state index contributed by atoms with van der Waals surface area (Å²) in [7, 11) is -2.34. The zero-order valence-corrected chi connectivity index (χ0v) is 16.1. The number of hydrogen-bond donors (Lipinski definition) is 1. The number of benzene rings is 1. The Morgan fingerprint density at radius 1 is 1.19 bits per heavy atom. The molecule has 3 aromatic rings. The zero-order valence-electron chi connectivity index (χ0n) is 14.5. The minimum Gasteiger partial charge on any atom is -0.467 e. The van der Waals surface area contributed by atoms with Crippen molar-refractivity contribution in [2.75, 3.05) is 25.1 Å². The molecular weight excluding hydrogens is 390 g/mol. The number of hydrogen-bond acceptors (Lipinski definition) is 10. The number of sulfonamides is 1. The molecule has 1 aromatic carbocycles. The molecule has 1 N–H and O–H groups in total. The van der Waals surface area contributed by atoms with Gasteiger partial charge in [0.05, 0.1) is 25.4 Å². The van der Waals surface area contributed by atoms with Gasteiger partial charge in [-0.1, -0.05) is 6.07 Å². The number of nitrogens with zero attached hydrogens (tertiary/aromatic N) is 6. The van der Waals surface area contributed by atoms with E-state index in [1.165, 1.54) is 13.2 Å². The van der Waals surface area contributed by atoms with Gasteiger partial charge in [0, 0.05) is 13.1 Å². The zero-order chi connectivity index (χ0) is 18.9. The van der Waals surface area contributed by atoms with Crippen LogP contribution in [0.4, 0.5) is 5.95 Å². The highest BCUT2D eigenvalue weighted by Crippen LogP contribution is 2.21. The molecule has 0 bridgehead atoms. The van der Waals surface area contributed by atoms with Gasteiger partial charge in [-0.05, 0) is 25.0 Å². The van der Waals surface area contributed by atoms with Crippen LogP contribution in [0.15, 0.2) is 23.1 Å². The highest BCUT2D eigenvalue weighted by molar-refractivity contribution is 7.89. The quantitative estimate of drug-likeness (QED) is 0.636. The smallest absolute Gasteiger partial charge is 0.321 e. The maximum atomic E-state index is 12.7. The molecule has 0 radical (unpaired) electrons. The molecule has 0 unspecified atom stereocenters. The molecular formula is C15H17N7O3S2. The minimum absolute atomic E-state index is 0.0783. The van der Waals surface area contributed by atoms with E-state index in [0.717, 1.165) is 37.7 Å². The number of nitrogens with one attached hydrogen (secondary N) is 1. The minimum atomic E-state index is -3.81. The monoisotopic (exact) mass is 407 g/mol. The second-order valence-electron chi connectivity index (χ2n) is 5.95. The van der Waals surface area contributed by atoms with E-state index in [0.29, 0.717) is 17.0 Å². The highest BCUT2D eigenvalue weighted by atomic mass is 32.2. The van der Waals surface area contributed by atoms with Crippen LogP contribution < -0.4 is 14.4 Å². The molecule has 27 heavy (non-hydrogen) atoms. The first-order chi connectivity index (χ1) is 13.1. The first-order valence-corrected chi connectivity index (χ1v) is 10.5. The second kappa shape index (κ2) is 7.29. The molecule has 12 heteroatoms. The SMILES string of the molecule is COc1nc(CNS(=O)(=O)c2cccc3nsnc23)nc(N2CCCC2)n1. The van der Waals surface area contributed by atoms with Gasteiger partial charge in [0.1, 0.15) is 15.9 Å². The molecule has 0 atom stereocenters. The van der Waals surface area contributed by atoms with E-state index in [4.69, 9.17) is 4.74 Å². The molecule has 142 valence electrons.